The summed E-state index contributed by atoms with van der Waals surface area (Å²) in [6.07, 6.45) is 3.41. The van der Waals surface area contributed by atoms with Gasteiger partial charge in [0.2, 0.25) is 5.91 Å². The number of amides is 1. The topological polar surface area (TPSA) is 79.6 Å². The quantitative estimate of drug-likeness (QED) is 0.538. The molecule has 1 amide bonds. The summed E-state index contributed by atoms with van der Waals surface area (Å²) in [5, 5.41) is 6.88. The number of benzene rings is 1. The molecule has 0 radical (unpaired) electrons. The number of carbonyl (C=O) groups excluding carboxylic acids is 1. The fourth-order valence-electron chi connectivity index (χ4n) is 3.62. The molecule has 2 N–H and O–H groups in total. The Hall–Kier alpha value is -3.39. The second kappa shape index (κ2) is 8.63. The van der Waals surface area contributed by atoms with Crippen molar-refractivity contribution in [1.82, 2.24) is 10.3 Å². The lowest BCUT2D eigenvalue weighted by Gasteiger charge is -2.27. The number of carbonyl (C=O) groups is 1. The van der Waals surface area contributed by atoms with Crippen LogP contribution in [0.2, 0.25) is 0 Å². The van der Waals surface area contributed by atoms with Crippen molar-refractivity contribution in [3.63, 3.8) is 0 Å². The van der Waals surface area contributed by atoms with Crippen LogP contribution in [0.25, 0.3) is 0 Å². The molecule has 0 unspecified atom stereocenters. The average Bonchev–Trinajstić information content (AvgIpc) is 3.41. The smallest absolute Gasteiger partial charge is 0.229 e. The van der Waals surface area contributed by atoms with Gasteiger partial charge in [0.25, 0.3) is 0 Å². The molecule has 7 nitrogen and oxygen atoms in total. The van der Waals surface area contributed by atoms with Crippen LogP contribution in [0.15, 0.2) is 65.4 Å². The number of thiocarbonyl (C=S) groups is 1. The molecule has 2 atom stereocenters. The van der Waals surface area contributed by atoms with E-state index in [1.165, 1.54) is 0 Å². The second-order valence-electron chi connectivity index (χ2n) is 8.60. The Morgan fingerprint density at radius 3 is 2.66 bits per heavy atom. The van der Waals surface area contributed by atoms with Crippen molar-refractivity contribution in [1.29, 1.82) is 0 Å². The van der Waals surface area contributed by atoms with Crippen molar-refractivity contribution in [2.24, 2.45) is 5.41 Å². The Kier molecular flexibility index (Phi) is 5.88. The fraction of sp³-hybridized carbons (Fsp3) is 0.292. The van der Waals surface area contributed by atoms with E-state index in [9.17, 15) is 4.79 Å². The zero-order valence-electron chi connectivity index (χ0n) is 18.5. The van der Waals surface area contributed by atoms with Gasteiger partial charge in [-0.3, -0.25) is 9.78 Å². The molecule has 166 valence electrons. The van der Waals surface area contributed by atoms with E-state index in [-0.39, 0.29) is 18.0 Å². The van der Waals surface area contributed by atoms with Crippen molar-refractivity contribution < 1.29 is 13.9 Å². The summed E-state index contributed by atoms with van der Waals surface area (Å²) in [6.45, 7) is 5.59. The van der Waals surface area contributed by atoms with Crippen LogP contribution in [0.1, 0.15) is 44.3 Å². The molecule has 2 aromatic heterocycles. The summed E-state index contributed by atoms with van der Waals surface area (Å²) in [7, 11) is 1.58. The van der Waals surface area contributed by atoms with Gasteiger partial charge >= 0.3 is 0 Å². The highest BCUT2D eigenvalue weighted by Crippen LogP contribution is 2.43. The van der Waals surface area contributed by atoms with Gasteiger partial charge in [0, 0.05) is 23.4 Å². The number of methoxy groups -OCH3 is 1. The molecule has 0 saturated carbocycles. The van der Waals surface area contributed by atoms with Gasteiger partial charge < -0.3 is 24.7 Å². The SMILES string of the molecule is COc1cc(N2C(=S)N[C@@H](c3ccccn3)[C@H]2c2ccco2)ccc1NC(=O)C(C)(C)C. The molecule has 3 aromatic rings. The van der Waals surface area contributed by atoms with Crippen molar-refractivity contribution in [3.8, 4) is 5.75 Å². The third kappa shape index (κ3) is 4.18. The zero-order chi connectivity index (χ0) is 22.9. The fourth-order valence-corrected chi connectivity index (χ4v) is 3.97. The molecule has 1 aliphatic rings. The lowest BCUT2D eigenvalue weighted by molar-refractivity contribution is -0.123. The Morgan fingerprint density at radius 2 is 2.03 bits per heavy atom. The van der Waals surface area contributed by atoms with Crippen LogP contribution in [0.4, 0.5) is 11.4 Å². The molecule has 1 aliphatic heterocycles. The molecule has 32 heavy (non-hydrogen) atoms. The monoisotopic (exact) mass is 450 g/mol. The van der Waals surface area contributed by atoms with Crippen LogP contribution < -0.4 is 20.3 Å². The summed E-state index contributed by atoms with van der Waals surface area (Å²) in [4.78, 5) is 19.0. The van der Waals surface area contributed by atoms with Crippen molar-refractivity contribution in [2.75, 3.05) is 17.3 Å². The first-order valence-corrected chi connectivity index (χ1v) is 10.7. The first-order chi connectivity index (χ1) is 15.3. The highest BCUT2D eigenvalue weighted by Gasteiger charge is 2.42. The minimum atomic E-state index is -0.523. The Balaban J connectivity index is 1.72. The maximum atomic E-state index is 12.5. The number of nitrogens with one attached hydrogen (secondary N) is 2. The van der Waals surface area contributed by atoms with E-state index in [0.717, 1.165) is 17.1 Å². The first-order valence-electron chi connectivity index (χ1n) is 10.3. The number of anilines is 2. The van der Waals surface area contributed by atoms with E-state index >= 15 is 0 Å². The van der Waals surface area contributed by atoms with E-state index < -0.39 is 5.41 Å². The Labute approximate surface area is 192 Å². The number of hydrogen-bond donors (Lipinski definition) is 2. The lowest BCUT2D eigenvalue weighted by atomic mass is 9.95. The minimum absolute atomic E-state index is 0.0920. The molecule has 0 spiro atoms. The second-order valence-corrected chi connectivity index (χ2v) is 8.99. The van der Waals surface area contributed by atoms with E-state index in [2.05, 4.69) is 15.6 Å². The maximum Gasteiger partial charge on any atom is 0.229 e. The number of furan rings is 1. The van der Waals surface area contributed by atoms with Crippen molar-refractivity contribution in [2.45, 2.75) is 32.9 Å². The molecular weight excluding hydrogens is 424 g/mol. The largest absolute Gasteiger partial charge is 0.494 e. The number of aromatic nitrogens is 1. The van der Waals surface area contributed by atoms with Crippen molar-refractivity contribution in [3.05, 3.63) is 72.4 Å². The third-order valence-corrected chi connectivity index (χ3v) is 5.64. The molecule has 4 rings (SSSR count). The number of nitrogens with zero attached hydrogens (tertiary/aromatic N) is 2. The average molecular weight is 451 g/mol. The summed E-state index contributed by atoms with van der Waals surface area (Å²) in [5.74, 6) is 1.21. The molecule has 1 aromatic carbocycles. The molecular formula is C24H26N4O3S. The van der Waals surface area contributed by atoms with Gasteiger partial charge in [-0.2, -0.15) is 0 Å². The lowest BCUT2D eigenvalue weighted by Crippen LogP contribution is -2.29. The van der Waals surface area contributed by atoms with Gasteiger partial charge in [-0.1, -0.05) is 26.8 Å². The summed E-state index contributed by atoms with van der Waals surface area (Å²) in [6, 6.07) is 14.7. The summed E-state index contributed by atoms with van der Waals surface area (Å²) < 4.78 is 11.4. The van der Waals surface area contributed by atoms with Crippen LogP contribution in [-0.2, 0) is 4.79 Å². The zero-order valence-corrected chi connectivity index (χ0v) is 19.3. The summed E-state index contributed by atoms with van der Waals surface area (Å²) in [5.41, 5.74) is 1.75. The molecule has 1 saturated heterocycles. The van der Waals surface area contributed by atoms with E-state index in [0.29, 0.717) is 16.5 Å². The number of pyridine rings is 1. The number of rotatable bonds is 5. The first kappa shape index (κ1) is 21.8. The number of ether oxygens (including phenoxy) is 1. The van der Waals surface area contributed by atoms with E-state index in [1.807, 2.05) is 74.2 Å². The highest BCUT2D eigenvalue weighted by atomic mass is 32.1. The van der Waals surface area contributed by atoms with Gasteiger partial charge in [-0.15, -0.1) is 0 Å². The van der Waals surface area contributed by atoms with Gasteiger partial charge in [-0.25, -0.2) is 0 Å². The standard InChI is InChI=1S/C24H26N4O3S/c1-24(2,3)22(29)26-16-11-10-15(14-19(16)30-4)28-21(18-9-7-13-31-18)20(27-23(28)32)17-8-5-6-12-25-17/h5-14,20-21H,1-4H3,(H,26,29)(H,27,32)/t20-,21+/m0/s1. The highest BCUT2D eigenvalue weighted by molar-refractivity contribution is 7.80. The van der Waals surface area contributed by atoms with Crippen LogP contribution >= 0.6 is 12.2 Å². The maximum absolute atomic E-state index is 12.5. The molecule has 0 bridgehead atoms. The van der Waals surface area contributed by atoms with Crippen molar-refractivity contribution >= 4 is 34.6 Å². The summed E-state index contributed by atoms with van der Waals surface area (Å²) >= 11 is 5.72. The molecule has 3 heterocycles. The van der Waals surface area contributed by atoms with Crippen LogP contribution in [0, 0.1) is 5.41 Å². The predicted molar refractivity (Wildman–Crippen MR) is 128 cm³/mol. The minimum Gasteiger partial charge on any atom is -0.494 e. The molecule has 1 fully saturated rings. The molecule has 0 aliphatic carbocycles. The van der Waals surface area contributed by atoms with Gasteiger partial charge in [0.15, 0.2) is 5.11 Å². The van der Waals surface area contributed by atoms with E-state index in [1.54, 1.807) is 19.6 Å². The third-order valence-electron chi connectivity index (χ3n) is 5.33. The predicted octanol–water partition coefficient (Wildman–Crippen LogP) is 4.84. The van der Waals surface area contributed by atoms with Gasteiger partial charge in [0.1, 0.15) is 17.6 Å². The normalized spacial score (nSPS) is 18.4. The van der Waals surface area contributed by atoms with E-state index in [4.69, 9.17) is 21.4 Å². The molecule has 8 heteroatoms. The Morgan fingerprint density at radius 1 is 1.22 bits per heavy atom. The van der Waals surface area contributed by atoms with Crippen LogP contribution in [0.5, 0.6) is 5.75 Å². The van der Waals surface area contributed by atoms with Crippen LogP contribution in [0.3, 0.4) is 0 Å². The van der Waals surface area contributed by atoms with Gasteiger partial charge in [0.05, 0.1) is 30.8 Å². The van der Waals surface area contributed by atoms with Gasteiger partial charge in [-0.05, 0) is 48.6 Å². The number of hydrogen-bond acceptors (Lipinski definition) is 5. The van der Waals surface area contributed by atoms with Crippen LogP contribution in [-0.4, -0.2) is 23.1 Å². The Bertz CT molecular complexity index is 1110.